The maximum atomic E-state index is 11.3. The van der Waals surface area contributed by atoms with Crippen LogP contribution in [0.4, 0.5) is 0 Å². The lowest BCUT2D eigenvalue weighted by Crippen LogP contribution is -2.49. The van der Waals surface area contributed by atoms with Crippen molar-refractivity contribution in [2.45, 2.75) is 19.0 Å². The number of benzene rings is 3. The first-order chi connectivity index (χ1) is 13.1. The third-order valence-corrected chi connectivity index (χ3v) is 5.88. The van der Waals surface area contributed by atoms with E-state index in [-0.39, 0.29) is 13.2 Å². The summed E-state index contributed by atoms with van der Waals surface area (Å²) in [5.41, 5.74) is 0.00544. The zero-order valence-corrected chi connectivity index (χ0v) is 17.8. The highest BCUT2D eigenvalue weighted by atomic mass is 35.5. The maximum absolute atomic E-state index is 11.3. The highest BCUT2D eigenvalue weighted by molar-refractivity contribution is 7.85. The minimum absolute atomic E-state index is 0.188. The van der Waals surface area contributed by atoms with Crippen LogP contribution in [0, 0.1) is 0 Å². The monoisotopic (exact) mass is 441 g/mol. The first-order valence-corrected chi connectivity index (χ1v) is 11.2. The van der Waals surface area contributed by atoms with Crippen LogP contribution in [0.1, 0.15) is 12.5 Å². The summed E-state index contributed by atoms with van der Waals surface area (Å²) in [5.74, 6) is 0. The molecule has 0 saturated heterocycles. The predicted octanol–water partition coefficient (Wildman–Crippen LogP) is 4.12. The second-order valence-electron chi connectivity index (χ2n) is 7.06. The number of nitrogens with one attached hydrogen (secondary N) is 1. The fourth-order valence-corrected chi connectivity index (χ4v) is 4.00. The first-order valence-electron chi connectivity index (χ1n) is 8.62. The van der Waals surface area contributed by atoms with Crippen LogP contribution in [0.3, 0.4) is 0 Å². The van der Waals surface area contributed by atoms with Crippen LogP contribution < -0.4 is 5.32 Å². The minimum atomic E-state index is -3.62. The average Bonchev–Trinajstić information content (AvgIpc) is 2.64. The Morgan fingerprint density at radius 2 is 1.57 bits per heavy atom. The van der Waals surface area contributed by atoms with Gasteiger partial charge in [0, 0.05) is 27.4 Å². The van der Waals surface area contributed by atoms with E-state index in [1.807, 2.05) is 42.5 Å². The van der Waals surface area contributed by atoms with Gasteiger partial charge < -0.3 is 10.4 Å². The molecule has 1 unspecified atom stereocenters. The summed E-state index contributed by atoms with van der Waals surface area (Å²) in [7, 11) is -3.62. The molecule has 0 fully saturated rings. The molecule has 0 aromatic heterocycles. The van der Waals surface area contributed by atoms with Gasteiger partial charge in [0.2, 0.25) is 0 Å². The summed E-state index contributed by atoms with van der Waals surface area (Å²) < 4.78 is 27.6. The Bertz CT molecular complexity index is 1070. The lowest BCUT2D eigenvalue weighted by atomic mass is 9.95. The van der Waals surface area contributed by atoms with Crippen LogP contribution in [0.5, 0.6) is 0 Å². The van der Waals surface area contributed by atoms with Gasteiger partial charge >= 0.3 is 0 Å². The van der Waals surface area contributed by atoms with Gasteiger partial charge in [0.15, 0.2) is 0 Å². The summed E-state index contributed by atoms with van der Waals surface area (Å²) >= 11 is 12.8. The van der Waals surface area contributed by atoms with Crippen LogP contribution in [0.25, 0.3) is 21.5 Å². The molecule has 8 heteroatoms. The molecular formula is C20H21Cl2NO4S. The van der Waals surface area contributed by atoms with Crippen molar-refractivity contribution in [3.05, 3.63) is 58.1 Å². The van der Waals surface area contributed by atoms with Crippen molar-refractivity contribution in [1.82, 2.24) is 5.32 Å². The summed E-state index contributed by atoms with van der Waals surface area (Å²) in [6.07, 6.45) is 0.979. The Kier molecular flexibility index (Phi) is 6.20. The van der Waals surface area contributed by atoms with Crippen LogP contribution in [0.15, 0.2) is 42.5 Å². The quantitative estimate of drug-likeness (QED) is 0.426. The van der Waals surface area contributed by atoms with Gasteiger partial charge in [0.25, 0.3) is 10.1 Å². The van der Waals surface area contributed by atoms with Crippen LogP contribution in [0.2, 0.25) is 10.0 Å². The Labute approximate surface area is 174 Å². The third-order valence-electron chi connectivity index (χ3n) is 4.68. The molecule has 0 aliphatic carbocycles. The van der Waals surface area contributed by atoms with Crippen molar-refractivity contribution in [3.8, 4) is 0 Å². The van der Waals surface area contributed by atoms with Crippen LogP contribution in [-0.2, 0) is 20.8 Å². The number of halogens is 2. The molecule has 3 aromatic carbocycles. The van der Waals surface area contributed by atoms with E-state index >= 15 is 0 Å². The Balaban J connectivity index is 2.06. The predicted molar refractivity (Wildman–Crippen MR) is 115 cm³/mol. The number of aliphatic hydroxyl groups excluding tert-OH is 1. The molecule has 2 N–H and O–H groups in total. The van der Waals surface area contributed by atoms with E-state index in [1.54, 1.807) is 6.92 Å². The molecule has 0 radical (unpaired) electrons. The smallest absolute Gasteiger partial charge is 0.264 e. The number of hydrogen-bond donors (Lipinski definition) is 2. The second kappa shape index (κ2) is 8.14. The molecular weight excluding hydrogens is 421 g/mol. The molecule has 0 amide bonds. The van der Waals surface area contributed by atoms with Gasteiger partial charge in [-0.1, -0.05) is 47.5 Å². The molecule has 5 nitrogen and oxygen atoms in total. The van der Waals surface area contributed by atoms with Crippen molar-refractivity contribution in [2.24, 2.45) is 0 Å². The Hall–Kier alpha value is -1.41. The number of hydrogen-bond acceptors (Lipinski definition) is 5. The molecule has 0 saturated carbocycles. The van der Waals surface area contributed by atoms with Gasteiger partial charge in [0.05, 0.1) is 25.0 Å². The number of fused-ring (bicyclic) bond motifs is 2. The molecule has 0 bridgehead atoms. The lowest BCUT2D eigenvalue weighted by Gasteiger charge is -2.28. The topological polar surface area (TPSA) is 75.6 Å². The van der Waals surface area contributed by atoms with Crippen molar-refractivity contribution in [3.63, 3.8) is 0 Å². The largest absolute Gasteiger partial charge is 0.394 e. The summed E-state index contributed by atoms with van der Waals surface area (Å²) in [6.45, 7) is 1.57. The van der Waals surface area contributed by atoms with Crippen LogP contribution in [-0.4, -0.2) is 38.5 Å². The van der Waals surface area contributed by atoms with Crippen molar-refractivity contribution >= 4 is 54.9 Å². The van der Waals surface area contributed by atoms with Gasteiger partial charge in [-0.25, -0.2) is 0 Å². The molecule has 0 aliphatic heterocycles. The summed E-state index contributed by atoms with van der Waals surface area (Å²) in [4.78, 5) is 0. The molecule has 3 aromatic rings. The molecule has 1 atom stereocenters. The van der Waals surface area contributed by atoms with Crippen LogP contribution >= 0.6 is 23.2 Å². The minimum Gasteiger partial charge on any atom is -0.394 e. The fraction of sp³-hybridized carbons (Fsp3) is 0.300. The second-order valence-corrected chi connectivity index (χ2v) is 9.52. The summed E-state index contributed by atoms with van der Waals surface area (Å²) in [6, 6.07) is 13.3. The fourth-order valence-electron chi connectivity index (χ4n) is 3.07. The molecule has 3 rings (SSSR count). The van der Waals surface area contributed by atoms with Gasteiger partial charge in [-0.3, -0.25) is 4.18 Å². The standard InChI is InChI=1S/C20H21Cl2NO4S/c1-20(11-24,12-27-28(2,25)26)23-10-17-13-5-3-7-18(21)15(13)9-16-14(17)6-4-8-19(16)22/h3-9,23-24H,10-12H2,1-2H3. The van der Waals surface area contributed by atoms with E-state index in [9.17, 15) is 13.5 Å². The highest BCUT2D eigenvalue weighted by Gasteiger charge is 2.26. The van der Waals surface area contributed by atoms with Crippen molar-refractivity contribution in [1.29, 1.82) is 0 Å². The van der Waals surface area contributed by atoms with Crippen molar-refractivity contribution < 1.29 is 17.7 Å². The van der Waals surface area contributed by atoms with E-state index in [4.69, 9.17) is 27.4 Å². The lowest BCUT2D eigenvalue weighted by molar-refractivity contribution is 0.118. The number of rotatable bonds is 7. The number of aliphatic hydroxyl groups is 1. The van der Waals surface area contributed by atoms with E-state index in [0.29, 0.717) is 16.6 Å². The Morgan fingerprint density at radius 1 is 1.04 bits per heavy atom. The van der Waals surface area contributed by atoms with E-state index in [2.05, 4.69) is 5.32 Å². The molecule has 28 heavy (non-hydrogen) atoms. The van der Waals surface area contributed by atoms with Gasteiger partial charge in [-0.2, -0.15) is 8.42 Å². The SMILES string of the molecule is CC(CO)(COS(C)(=O)=O)NCc1c2cccc(Cl)c2cc2c(Cl)cccc12. The molecule has 0 spiro atoms. The highest BCUT2D eigenvalue weighted by Crippen LogP contribution is 2.35. The van der Waals surface area contributed by atoms with Crippen molar-refractivity contribution in [2.75, 3.05) is 19.5 Å². The molecule has 0 heterocycles. The van der Waals surface area contributed by atoms with E-state index < -0.39 is 15.7 Å². The molecule has 150 valence electrons. The zero-order valence-electron chi connectivity index (χ0n) is 15.5. The third kappa shape index (κ3) is 4.59. The zero-order chi connectivity index (χ0) is 20.5. The van der Waals surface area contributed by atoms with Gasteiger partial charge in [0.1, 0.15) is 0 Å². The summed E-state index contributed by atoms with van der Waals surface area (Å²) in [5, 5.41) is 17.9. The van der Waals surface area contributed by atoms with Gasteiger partial charge in [-0.05, 0) is 41.5 Å². The Morgan fingerprint density at radius 3 is 2.04 bits per heavy atom. The van der Waals surface area contributed by atoms with E-state index in [0.717, 1.165) is 33.4 Å². The average molecular weight is 442 g/mol. The maximum Gasteiger partial charge on any atom is 0.264 e. The first kappa shape index (κ1) is 21.3. The molecule has 0 aliphatic rings. The normalized spacial score (nSPS) is 14.5. The van der Waals surface area contributed by atoms with E-state index in [1.165, 1.54) is 0 Å². The van der Waals surface area contributed by atoms with Gasteiger partial charge in [-0.15, -0.1) is 0 Å².